The Balaban J connectivity index is 1.35. The fourth-order valence-corrected chi connectivity index (χ4v) is 8.45. The molecule has 0 spiro atoms. The van der Waals surface area contributed by atoms with Crippen molar-refractivity contribution in [2.45, 2.75) is 87.6 Å². The minimum atomic E-state index is -1.30. The number of nitrogens with zero attached hydrogens (tertiary/aromatic N) is 1. The Kier molecular flexibility index (Phi) is 12.8. The smallest absolute Gasteiger partial charge is 0.243 e. The Hall–Kier alpha value is -5.38. The Morgan fingerprint density at radius 1 is 0.764 bits per heavy atom. The second-order valence-electron chi connectivity index (χ2n) is 14.4. The van der Waals surface area contributed by atoms with Gasteiger partial charge in [0.1, 0.15) is 24.2 Å². The molecule has 3 aliphatic heterocycles. The highest BCUT2D eigenvalue weighted by molar-refractivity contribution is 7.98. The van der Waals surface area contributed by atoms with E-state index in [2.05, 4.69) is 31.6 Å². The molecule has 3 saturated heterocycles. The van der Waals surface area contributed by atoms with Gasteiger partial charge in [0.25, 0.3) is 0 Å². The van der Waals surface area contributed by atoms with Gasteiger partial charge in [0.15, 0.2) is 0 Å². The Morgan fingerprint density at radius 2 is 1.40 bits per heavy atom. The first-order valence-electron chi connectivity index (χ1n) is 18.7. The summed E-state index contributed by atoms with van der Waals surface area (Å²) in [6, 6.07) is 11.2. The average Bonchev–Trinajstić information content (AvgIpc) is 3.89. The van der Waals surface area contributed by atoms with E-state index >= 15 is 0 Å². The highest BCUT2D eigenvalue weighted by Crippen LogP contribution is 2.42. The SMILES string of the molecule is CSCC[C@@H]1NC(=O)[C@H]2C[C@@H]3CC[C@H]2N3C(=O)CNC(=O)[C@H](Cc2ccccc2)NC(=O)[C@H](Cc2c[nH]c3ccccc23)NC(=O)[C@H](CCC(N)=O)NC1=O. The number of primary amides is 1. The summed E-state index contributed by atoms with van der Waals surface area (Å²) >= 11 is 1.48. The zero-order valence-electron chi connectivity index (χ0n) is 30.7. The van der Waals surface area contributed by atoms with Crippen molar-refractivity contribution < 1.29 is 33.6 Å². The Morgan fingerprint density at radius 3 is 2.13 bits per heavy atom. The molecule has 16 heteroatoms. The highest BCUT2D eigenvalue weighted by Gasteiger charge is 2.51. The van der Waals surface area contributed by atoms with Crippen LogP contribution in [0.2, 0.25) is 0 Å². The van der Waals surface area contributed by atoms with Gasteiger partial charge in [-0.15, -0.1) is 0 Å². The molecule has 55 heavy (non-hydrogen) atoms. The van der Waals surface area contributed by atoms with Gasteiger partial charge in [-0.05, 0) is 61.3 Å². The summed E-state index contributed by atoms with van der Waals surface area (Å²) in [5, 5.41) is 14.8. The zero-order chi connectivity index (χ0) is 39.1. The molecule has 1 aromatic heterocycles. The second-order valence-corrected chi connectivity index (χ2v) is 15.4. The van der Waals surface area contributed by atoms with Gasteiger partial charge >= 0.3 is 0 Å². The van der Waals surface area contributed by atoms with Gasteiger partial charge in [0.2, 0.25) is 41.4 Å². The van der Waals surface area contributed by atoms with Crippen LogP contribution in [0.3, 0.4) is 0 Å². The lowest BCUT2D eigenvalue weighted by atomic mass is 9.88. The first kappa shape index (κ1) is 39.3. The number of rotatable bonds is 10. The third-order valence-electron chi connectivity index (χ3n) is 10.8. The Bertz CT molecular complexity index is 1920. The van der Waals surface area contributed by atoms with E-state index in [0.717, 1.165) is 16.5 Å². The standard InChI is InChI=1S/C39H48N8O7S/c1-55-16-15-29-38(53)44-28(12-14-33(40)48)37(52)46-31(18-23-20-41-27-10-6-5-9-25(23)27)39(54)45-30(17-22-7-3-2-4-8-22)36(51)42-21-34(49)47-24-11-13-32(47)26(19-24)35(50)43-29/h2-10,20,24,26,28-32,41H,11-19,21H2,1H3,(H2,40,48)(H,42,51)(H,43,50)(H,44,53)(H,45,54)(H,46,52)/t24-,26-,28-,29-,30-,31-,32+/m0/s1. The maximum Gasteiger partial charge on any atom is 0.243 e. The Labute approximate surface area is 323 Å². The summed E-state index contributed by atoms with van der Waals surface area (Å²) in [4.78, 5) is 100. The van der Waals surface area contributed by atoms with Gasteiger partial charge in [-0.3, -0.25) is 33.6 Å². The van der Waals surface area contributed by atoms with Crippen molar-refractivity contribution in [3.05, 3.63) is 71.9 Å². The fourth-order valence-electron chi connectivity index (χ4n) is 7.98. The predicted octanol–water partition coefficient (Wildman–Crippen LogP) is 0.420. The summed E-state index contributed by atoms with van der Waals surface area (Å²) in [6.45, 7) is -0.336. The number of carbonyl (C=O) groups is 7. The van der Waals surface area contributed by atoms with E-state index in [1.165, 1.54) is 11.8 Å². The number of aromatic nitrogens is 1. The third kappa shape index (κ3) is 9.47. The number of aromatic amines is 1. The topological polar surface area (TPSA) is 225 Å². The number of hydrogen-bond donors (Lipinski definition) is 7. The molecule has 3 aromatic rings. The molecule has 6 rings (SSSR count). The number of fused-ring (bicyclic) bond motifs is 1. The van der Waals surface area contributed by atoms with Crippen molar-refractivity contribution in [2.24, 2.45) is 11.7 Å². The third-order valence-corrected chi connectivity index (χ3v) is 11.4. The molecule has 7 atom stereocenters. The van der Waals surface area contributed by atoms with Crippen molar-refractivity contribution in [2.75, 3.05) is 18.6 Å². The number of amides is 7. The van der Waals surface area contributed by atoms with E-state index in [0.29, 0.717) is 30.6 Å². The molecule has 3 fully saturated rings. The highest BCUT2D eigenvalue weighted by atomic mass is 32.2. The quantitative estimate of drug-likeness (QED) is 0.153. The van der Waals surface area contributed by atoms with Crippen LogP contribution >= 0.6 is 11.8 Å². The maximum atomic E-state index is 14.3. The molecule has 8 N–H and O–H groups in total. The lowest BCUT2D eigenvalue weighted by Gasteiger charge is -2.27. The van der Waals surface area contributed by atoms with E-state index < -0.39 is 65.7 Å². The predicted molar refractivity (Wildman–Crippen MR) is 206 cm³/mol. The number of carbonyl (C=O) groups excluding carboxylic acids is 7. The number of H-pyrrole nitrogens is 1. The van der Waals surface area contributed by atoms with Crippen molar-refractivity contribution in [1.29, 1.82) is 0 Å². The van der Waals surface area contributed by atoms with Crippen LogP contribution in [-0.4, -0.2) is 106 Å². The summed E-state index contributed by atoms with van der Waals surface area (Å²) in [5.74, 6) is -4.09. The number of nitrogens with one attached hydrogen (secondary N) is 6. The molecule has 2 aromatic carbocycles. The largest absolute Gasteiger partial charge is 0.370 e. The summed E-state index contributed by atoms with van der Waals surface area (Å²) in [7, 11) is 0. The minimum Gasteiger partial charge on any atom is -0.370 e. The maximum absolute atomic E-state index is 14.3. The van der Waals surface area contributed by atoms with E-state index in [1.807, 2.05) is 60.9 Å². The van der Waals surface area contributed by atoms with Crippen LogP contribution in [0.25, 0.3) is 10.9 Å². The van der Waals surface area contributed by atoms with Crippen LogP contribution in [0.15, 0.2) is 60.8 Å². The van der Waals surface area contributed by atoms with Crippen LogP contribution in [0.5, 0.6) is 0 Å². The van der Waals surface area contributed by atoms with Gasteiger partial charge < -0.3 is 42.2 Å². The van der Waals surface area contributed by atoms with Gasteiger partial charge in [-0.1, -0.05) is 48.5 Å². The first-order chi connectivity index (χ1) is 26.5. The lowest BCUT2D eigenvalue weighted by molar-refractivity contribution is -0.136. The van der Waals surface area contributed by atoms with Crippen LogP contribution in [0, 0.1) is 5.92 Å². The van der Waals surface area contributed by atoms with Crippen LogP contribution < -0.4 is 32.3 Å². The molecule has 4 heterocycles. The normalized spacial score (nSPS) is 26.6. The lowest BCUT2D eigenvalue weighted by Crippen LogP contribution is -2.59. The second kappa shape index (κ2) is 17.8. The molecular formula is C39H48N8O7S. The first-order valence-corrected chi connectivity index (χ1v) is 20.1. The molecule has 292 valence electrons. The van der Waals surface area contributed by atoms with E-state index in [4.69, 9.17) is 5.73 Å². The van der Waals surface area contributed by atoms with Gasteiger partial charge in [0, 0.05) is 48.4 Å². The molecule has 0 unspecified atom stereocenters. The van der Waals surface area contributed by atoms with Crippen molar-refractivity contribution >= 4 is 64.0 Å². The van der Waals surface area contributed by atoms with Gasteiger partial charge in [0.05, 0.1) is 12.5 Å². The summed E-state index contributed by atoms with van der Waals surface area (Å²) in [5.41, 5.74) is 7.74. The monoisotopic (exact) mass is 772 g/mol. The minimum absolute atomic E-state index is 0.00175. The van der Waals surface area contributed by atoms with Crippen molar-refractivity contribution in [3.63, 3.8) is 0 Å². The van der Waals surface area contributed by atoms with E-state index in [1.54, 1.807) is 11.1 Å². The van der Waals surface area contributed by atoms with Crippen molar-refractivity contribution in [3.8, 4) is 0 Å². The fraction of sp³-hybridized carbons (Fsp3) is 0.462. The summed E-state index contributed by atoms with van der Waals surface area (Å²) in [6.07, 6.45) is 5.28. The van der Waals surface area contributed by atoms with Crippen LogP contribution in [-0.2, 0) is 46.4 Å². The van der Waals surface area contributed by atoms with Crippen LogP contribution in [0.4, 0.5) is 0 Å². The van der Waals surface area contributed by atoms with Crippen molar-refractivity contribution in [1.82, 2.24) is 36.5 Å². The molecule has 7 amide bonds. The molecule has 15 nitrogen and oxygen atoms in total. The van der Waals surface area contributed by atoms with Crippen LogP contribution in [0.1, 0.15) is 49.7 Å². The van der Waals surface area contributed by atoms with Gasteiger partial charge in [-0.2, -0.15) is 11.8 Å². The van der Waals surface area contributed by atoms with Gasteiger partial charge in [-0.25, -0.2) is 0 Å². The summed E-state index contributed by atoms with van der Waals surface area (Å²) < 4.78 is 0. The average molecular weight is 773 g/mol. The number of benzene rings is 2. The zero-order valence-corrected chi connectivity index (χ0v) is 31.5. The molecule has 0 aliphatic carbocycles. The molecule has 3 aliphatic rings. The van der Waals surface area contributed by atoms with E-state index in [-0.39, 0.29) is 56.5 Å². The molecule has 0 saturated carbocycles. The molecule has 4 bridgehead atoms. The number of para-hydroxylation sites is 1. The number of hydrogen-bond acceptors (Lipinski definition) is 8. The van der Waals surface area contributed by atoms with E-state index in [9.17, 15) is 33.6 Å². The molecular weight excluding hydrogens is 725 g/mol. The number of thioether (sulfide) groups is 1. The molecule has 0 radical (unpaired) electrons. The number of nitrogens with two attached hydrogens (primary N) is 1.